The molecule has 0 aliphatic rings. The summed E-state index contributed by atoms with van der Waals surface area (Å²) in [5.74, 6) is -1.10. The molecule has 0 bridgehead atoms. The summed E-state index contributed by atoms with van der Waals surface area (Å²) in [6.45, 7) is 3.87. The summed E-state index contributed by atoms with van der Waals surface area (Å²) >= 11 is 12.1. The molecule has 202 valence electrons. The fourth-order valence-electron chi connectivity index (χ4n) is 3.96. The summed E-state index contributed by atoms with van der Waals surface area (Å²) in [6, 6.07) is 15.4. The van der Waals surface area contributed by atoms with Gasteiger partial charge in [-0.15, -0.1) is 5.11 Å². The maximum atomic E-state index is 13.5. The first-order valence-electron chi connectivity index (χ1n) is 11.7. The van der Waals surface area contributed by atoms with Crippen molar-refractivity contribution in [3.8, 4) is 11.5 Å². The Balaban J connectivity index is 0.00000441. The SMILES string of the molecule is CCOc1ccc(Cl)cc1NC(=O)c1cc2ccccc2c(N=Nc2c(CC)cc(Cl)cc2S(=O)(=O)O)c1[O-].[Na+]. The number of nitrogens with zero attached hydrogens (tertiary/aromatic N) is 2. The van der Waals surface area contributed by atoms with Crippen molar-refractivity contribution in [2.75, 3.05) is 11.9 Å². The minimum Gasteiger partial charge on any atom is -0.870 e. The molecule has 0 aliphatic carbocycles. The first-order chi connectivity index (χ1) is 18.5. The van der Waals surface area contributed by atoms with Gasteiger partial charge in [-0.2, -0.15) is 13.5 Å². The van der Waals surface area contributed by atoms with E-state index < -0.39 is 26.7 Å². The Bertz CT molecular complexity index is 1730. The van der Waals surface area contributed by atoms with E-state index >= 15 is 0 Å². The molecule has 40 heavy (non-hydrogen) atoms. The van der Waals surface area contributed by atoms with E-state index in [1.165, 1.54) is 18.2 Å². The molecule has 0 fully saturated rings. The molecule has 1 amide bonds. The molecule has 2 N–H and O–H groups in total. The fraction of sp³-hybridized carbons (Fsp3) is 0.148. The Kier molecular flexibility index (Phi) is 10.6. The summed E-state index contributed by atoms with van der Waals surface area (Å²) < 4.78 is 39.4. The number of rotatable bonds is 8. The van der Waals surface area contributed by atoms with Gasteiger partial charge in [0.15, 0.2) is 0 Å². The maximum absolute atomic E-state index is 13.5. The van der Waals surface area contributed by atoms with Crippen LogP contribution in [-0.2, 0) is 16.5 Å². The third-order valence-electron chi connectivity index (χ3n) is 5.74. The quantitative estimate of drug-likeness (QED) is 0.175. The number of aryl methyl sites for hydroxylation is 1. The molecule has 0 saturated carbocycles. The summed E-state index contributed by atoms with van der Waals surface area (Å²) in [7, 11) is -4.72. The smallest absolute Gasteiger partial charge is 0.870 e. The van der Waals surface area contributed by atoms with Gasteiger partial charge in [0.05, 0.1) is 18.0 Å². The monoisotopic (exact) mass is 609 g/mol. The van der Waals surface area contributed by atoms with Crippen LogP contribution in [0.15, 0.2) is 75.8 Å². The summed E-state index contributed by atoms with van der Waals surface area (Å²) in [5, 5.41) is 25.7. The normalized spacial score (nSPS) is 11.4. The van der Waals surface area contributed by atoms with Crippen LogP contribution in [0.4, 0.5) is 17.1 Å². The van der Waals surface area contributed by atoms with E-state index in [9.17, 15) is 22.9 Å². The minimum absolute atomic E-state index is 0. The van der Waals surface area contributed by atoms with Crippen molar-refractivity contribution in [3.05, 3.63) is 81.8 Å². The van der Waals surface area contributed by atoms with Crippen LogP contribution in [0.2, 0.25) is 10.0 Å². The van der Waals surface area contributed by atoms with Crippen molar-refractivity contribution in [2.24, 2.45) is 10.2 Å². The van der Waals surface area contributed by atoms with Crippen LogP contribution >= 0.6 is 23.2 Å². The van der Waals surface area contributed by atoms with Gasteiger partial charge in [0.25, 0.3) is 16.0 Å². The predicted octanol–water partition coefficient (Wildman–Crippen LogP) is 4.10. The molecule has 4 aromatic rings. The number of carbonyl (C=O) groups excluding carboxylic acids is 1. The third-order valence-corrected chi connectivity index (χ3v) is 7.06. The number of halogens is 2. The van der Waals surface area contributed by atoms with Gasteiger partial charge in [-0.25, -0.2) is 0 Å². The van der Waals surface area contributed by atoms with E-state index in [-0.39, 0.29) is 57.2 Å². The molecule has 4 aromatic carbocycles. The van der Waals surface area contributed by atoms with Crippen LogP contribution in [0.5, 0.6) is 11.5 Å². The first kappa shape index (κ1) is 31.8. The van der Waals surface area contributed by atoms with E-state index in [1.54, 1.807) is 50.2 Å². The number of hydrogen-bond acceptors (Lipinski definition) is 7. The van der Waals surface area contributed by atoms with Gasteiger partial charge in [-0.05, 0) is 60.7 Å². The number of carbonyl (C=O) groups is 1. The molecule has 9 nitrogen and oxygen atoms in total. The Labute approximate surface area is 263 Å². The summed E-state index contributed by atoms with van der Waals surface area (Å²) in [6.07, 6.45) is 0.312. The van der Waals surface area contributed by atoms with Crippen molar-refractivity contribution in [1.82, 2.24) is 0 Å². The second kappa shape index (κ2) is 13.3. The van der Waals surface area contributed by atoms with E-state index in [2.05, 4.69) is 15.5 Å². The zero-order valence-electron chi connectivity index (χ0n) is 21.7. The second-order valence-corrected chi connectivity index (χ2v) is 10.6. The molecule has 0 heterocycles. The Morgan fingerprint density at radius 1 is 1.00 bits per heavy atom. The first-order valence-corrected chi connectivity index (χ1v) is 13.9. The zero-order valence-corrected chi connectivity index (χ0v) is 26.1. The molecule has 0 aromatic heterocycles. The summed E-state index contributed by atoms with van der Waals surface area (Å²) in [4.78, 5) is 12.7. The topological polar surface area (TPSA) is 140 Å². The van der Waals surface area contributed by atoms with Crippen molar-refractivity contribution in [3.63, 3.8) is 0 Å². The second-order valence-electron chi connectivity index (χ2n) is 8.29. The van der Waals surface area contributed by atoms with Crippen molar-refractivity contribution < 1.29 is 57.2 Å². The van der Waals surface area contributed by atoms with Gasteiger partial charge in [0.2, 0.25) is 0 Å². The molecule has 0 radical (unpaired) electrons. The number of fused-ring (bicyclic) bond motifs is 1. The number of anilines is 1. The molecule has 0 saturated heterocycles. The van der Waals surface area contributed by atoms with Crippen LogP contribution in [0.25, 0.3) is 10.8 Å². The van der Waals surface area contributed by atoms with Crippen molar-refractivity contribution >= 4 is 67.1 Å². The molecule has 0 unspecified atom stereocenters. The number of azo groups is 1. The van der Waals surface area contributed by atoms with E-state index in [0.717, 1.165) is 6.07 Å². The number of ether oxygens (including phenoxy) is 1. The molecule has 0 spiro atoms. The number of hydrogen-bond donors (Lipinski definition) is 2. The molecular weight excluding hydrogens is 588 g/mol. The Hall–Kier alpha value is -2.70. The standard InChI is InChI=1S/C27H23Cl2N3O6S.Na/c1-3-15-11-18(29)14-23(39(35,36)37)24(15)31-32-25-19-8-6-5-7-16(19)12-20(26(25)33)27(34)30-21-13-17(28)9-10-22(21)38-4-2;/h5-14,33H,3-4H2,1-2H3,(H,30,34)(H,35,36,37);/q;+1/p-1. The molecule has 0 atom stereocenters. The molecular formula is C27H22Cl2N3NaO6S. The zero-order chi connectivity index (χ0) is 28.3. The van der Waals surface area contributed by atoms with Gasteiger partial charge < -0.3 is 15.2 Å². The predicted molar refractivity (Wildman–Crippen MR) is 149 cm³/mol. The van der Waals surface area contributed by atoms with Crippen LogP contribution in [0.3, 0.4) is 0 Å². The van der Waals surface area contributed by atoms with Crippen LogP contribution in [0.1, 0.15) is 29.8 Å². The van der Waals surface area contributed by atoms with Gasteiger partial charge in [0, 0.05) is 21.0 Å². The van der Waals surface area contributed by atoms with Crippen LogP contribution in [-0.4, -0.2) is 25.5 Å². The molecule has 13 heteroatoms. The average molecular weight is 610 g/mol. The van der Waals surface area contributed by atoms with Crippen LogP contribution in [0, 0.1) is 0 Å². The van der Waals surface area contributed by atoms with Crippen molar-refractivity contribution in [1.29, 1.82) is 0 Å². The van der Waals surface area contributed by atoms with Gasteiger partial charge >= 0.3 is 29.6 Å². The van der Waals surface area contributed by atoms with E-state index in [0.29, 0.717) is 40.1 Å². The minimum atomic E-state index is -4.72. The molecule has 4 rings (SSSR count). The Morgan fingerprint density at radius 2 is 1.70 bits per heavy atom. The number of benzene rings is 4. The van der Waals surface area contributed by atoms with Gasteiger partial charge in [0.1, 0.15) is 16.3 Å². The van der Waals surface area contributed by atoms with Gasteiger partial charge in [-0.1, -0.05) is 60.1 Å². The van der Waals surface area contributed by atoms with E-state index in [4.69, 9.17) is 27.9 Å². The van der Waals surface area contributed by atoms with Crippen molar-refractivity contribution in [2.45, 2.75) is 25.2 Å². The van der Waals surface area contributed by atoms with Gasteiger partial charge in [-0.3, -0.25) is 9.35 Å². The number of nitrogens with one attached hydrogen (secondary N) is 1. The third kappa shape index (κ3) is 6.95. The fourth-order valence-corrected chi connectivity index (χ4v) is 5.13. The Morgan fingerprint density at radius 3 is 2.38 bits per heavy atom. The largest absolute Gasteiger partial charge is 1.00 e. The van der Waals surface area contributed by atoms with Crippen LogP contribution < -0.4 is 44.7 Å². The maximum Gasteiger partial charge on any atom is 1.00 e. The van der Waals surface area contributed by atoms with E-state index in [1.807, 2.05) is 0 Å². The average Bonchev–Trinajstić information content (AvgIpc) is 2.89. The summed E-state index contributed by atoms with van der Waals surface area (Å²) in [5.41, 5.74) is 0.0770. The molecule has 0 aliphatic heterocycles. The number of amides is 1.